The van der Waals surface area contributed by atoms with E-state index in [-0.39, 0.29) is 6.79 Å². The van der Waals surface area contributed by atoms with Gasteiger partial charge in [-0.1, -0.05) is 17.7 Å². The van der Waals surface area contributed by atoms with Crippen LogP contribution in [0.1, 0.15) is 16.7 Å². The van der Waals surface area contributed by atoms with E-state index in [1.165, 1.54) is 0 Å². The third kappa shape index (κ3) is 3.72. The minimum Gasteiger partial charge on any atom is -0.454 e. The lowest BCUT2D eigenvalue weighted by molar-refractivity contribution is 0.173. The summed E-state index contributed by atoms with van der Waals surface area (Å²) in [4.78, 5) is 2.60. The first-order chi connectivity index (χ1) is 13.3. The molecule has 0 amide bonds. The summed E-state index contributed by atoms with van der Waals surface area (Å²) in [6.45, 7) is 6.92. The first-order valence-corrected chi connectivity index (χ1v) is 11.0. The molecule has 1 fully saturated rings. The van der Waals surface area contributed by atoms with Crippen LogP contribution in [-0.2, 0) is 16.6 Å². The van der Waals surface area contributed by atoms with Gasteiger partial charge in [-0.25, -0.2) is 8.42 Å². The zero-order valence-electron chi connectivity index (χ0n) is 15.9. The lowest BCUT2D eigenvalue weighted by atomic mass is 10.2. The first kappa shape index (κ1) is 19.5. The average molecular weight is 423 g/mol. The van der Waals surface area contributed by atoms with E-state index in [4.69, 9.17) is 21.1 Å². The number of aryl methyl sites for hydroxylation is 2. The van der Waals surface area contributed by atoms with Crippen molar-refractivity contribution in [1.82, 2.24) is 9.21 Å². The highest BCUT2D eigenvalue weighted by Crippen LogP contribution is 2.33. The predicted molar refractivity (Wildman–Crippen MR) is 108 cm³/mol. The maximum absolute atomic E-state index is 13.1. The van der Waals surface area contributed by atoms with Gasteiger partial charge < -0.3 is 9.47 Å². The molecule has 0 radical (unpaired) electrons. The highest BCUT2D eigenvalue weighted by atomic mass is 35.5. The van der Waals surface area contributed by atoms with Crippen molar-refractivity contribution < 1.29 is 17.9 Å². The van der Waals surface area contributed by atoms with E-state index < -0.39 is 10.0 Å². The third-order valence-electron chi connectivity index (χ3n) is 5.25. The van der Waals surface area contributed by atoms with Crippen LogP contribution in [0.15, 0.2) is 35.2 Å². The SMILES string of the molecule is Cc1cc(S(=O)(=O)N2CCN(Cc3ccc4c(c3)OCO4)CC2)c(C)cc1Cl. The van der Waals surface area contributed by atoms with E-state index in [2.05, 4.69) is 4.90 Å². The van der Waals surface area contributed by atoms with E-state index in [0.29, 0.717) is 41.7 Å². The van der Waals surface area contributed by atoms with Gasteiger partial charge in [-0.05, 0) is 54.8 Å². The molecule has 0 bridgehead atoms. The van der Waals surface area contributed by atoms with Crippen LogP contribution in [0.25, 0.3) is 0 Å². The minimum absolute atomic E-state index is 0.263. The molecule has 0 aromatic heterocycles. The maximum atomic E-state index is 13.1. The van der Waals surface area contributed by atoms with Gasteiger partial charge in [-0.2, -0.15) is 4.31 Å². The van der Waals surface area contributed by atoms with Crippen molar-refractivity contribution in [1.29, 1.82) is 0 Å². The Balaban J connectivity index is 1.43. The van der Waals surface area contributed by atoms with Gasteiger partial charge in [-0.15, -0.1) is 0 Å². The molecule has 2 aliphatic rings. The highest BCUT2D eigenvalue weighted by molar-refractivity contribution is 7.89. The molecule has 28 heavy (non-hydrogen) atoms. The number of nitrogens with zero attached hydrogens (tertiary/aromatic N) is 2. The Labute approximate surface area is 170 Å². The van der Waals surface area contributed by atoms with E-state index in [9.17, 15) is 8.42 Å². The summed E-state index contributed by atoms with van der Waals surface area (Å²) >= 11 is 6.12. The van der Waals surface area contributed by atoms with Crippen LogP contribution in [0, 0.1) is 13.8 Å². The fourth-order valence-electron chi connectivity index (χ4n) is 3.60. The van der Waals surface area contributed by atoms with E-state index in [1.54, 1.807) is 23.4 Å². The quantitative estimate of drug-likeness (QED) is 0.757. The van der Waals surface area contributed by atoms with Crippen LogP contribution < -0.4 is 9.47 Å². The molecule has 2 aliphatic heterocycles. The summed E-state index contributed by atoms with van der Waals surface area (Å²) in [7, 11) is -3.52. The fraction of sp³-hybridized carbons (Fsp3) is 0.400. The monoisotopic (exact) mass is 422 g/mol. The van der Waals surface area contributed by atoms with E-state index in [0.717, 1.165) is 29.2 Å². The molecule has 6 nitrogen and oxygen atoms in total. The van der Waals surface area contributed by atoms with Crippen LogP contribution in [0.5, 0.6) is 11.5 Å². The second-order valence-corrected chi connectivity index (χ2v) is 9.55. The molecular formula is C20H23ClN2O4S. The zero-order chi connectivity index (χ0) is 19.9. The molecule has 0 spiro atoms. The van der Waals surface area contributed by atoms with E-state index in [1.807, 2.05) is 25.1 Å². The van der Waals surface area contributed by atoms with Crippen LogP contribution in [0.3, 0.4) is 0 Å². The zero-order valence-corrected chi connectivity index (χ0v) is 17.5. The van der Waals surface area contributed by atoms with Gasteiger partial charge >= 0.3 is 0 Å². The van der Waals surface area contributed by atoms with Crippen molar-refractivity contribution in [3.8, 4) is 11.5 Å². The normalized spacial score (nSPS) is 17.8. The molecule has 2 aromatic carbocycles. The van der Waals surface area contributed by atoms with Gasteiger partial charge in [0.25, 0.3) is 0 Å². The minimum atomic E-state index is -3.52. The summed E-state index contributed by atoms with van der Waals surface area (Å²) in [5.74, 6) is 1.54. The van der Waals surface area contributed by atoms with Crippen molar-refractivity contribution in [3.63, 3.8) is 0 Å². The van der Waals surface area contributed by atoms with Gasteiger partial charge in [0, 0.05) is 37.7 Å². The molecule has 0 atom stereocenters. The number of halogens is 1. The average Bonchev–Trinajstić information content (AvgIpc) is 3.13. The number of benzene rings is 2. The maximum Gasteiger partial charge on any atom is 0.243 e. The molecule has 2 heterocycles. The molecule has 1 saturated heterocycles. The number of fused-ring (bicyclic) bond motifs is 1. The summed E-state index contributed by atoms with van der Waals surface area (Å²) in [5, 5.41) is 0.588. The van der Waals surface area contributed by atoms with Crippen LogP contribution in [0.4, 0.5) is 0 Å². The second kappa shape index (κ2) is 7.55. The summed E-state index contributed by atoms with van der Waals surface area (Å²) in [6.07, 6.45) is 0. The summed E-state index contributed by atoms with van der Waals surface area (Å²) in [6, 6.07) is 9.33. The Morgan fingerprint density at radius 3 is 2.43 bits per heavy atom. The van der Waals surface area contributed by atoms with Crippen molar-refractivity contribution >= 4 is 21.6 Å². The lowest BCUT2D eigenvalue weighted by Crippen LogP contribution is -2.48. The van der Waals surface area contributed by atoms with Crippen LogP contribution in [-0.4, -0.2) is 50.6 Å². The molecule has 2 aromatic rings. The van der Waals surface area contributed by atoms with E-state index >= 15 is 0 Å². The van der Waals surface area contributed by atoms with Gasteiger partial charge in [-0.3, -0.25) is 4.90 Å². The Bertz CT molecular complexity index is 1000. The highest BCUT2D eigenvalue weighted by Gasteiger charge is 2.30. The predicted octanol–water partition coefficient (Wildman–Crippen LogP) is 3.19. The molecule has 4 rings (SSSR count). The molecule has 0 saturated carbocycles. The van der Waals surface area contributed by atoms with Gasteiger partial charge in [0.1, 0.15) is 0 Å². The fourth-order valence-corrected chi connectivity index (χ4v) is 5.53. The van der Waals surface area contributed by atoms with Crippen LogP contribution in [0.2, 0.25) is 5.02 Å². The van der Waals surface area contributed by atoms with Gasteiger partial charge in [0.15, 0.2) is 11.5 Å². The third-order valence-corrected chi connectivity index (χ3v) is 7.70. The Morgan fingerprint density at radius 2 is 1.68 bits per heavy atom. The first-order valence-electron chi connectivity index (χ1n) is 9.22. The van der Waals surface area contributed by atoms with Crippen molar-refractivity contribution in [3.05, 3.63) is 52.0 Å². The van der Waals surface area contributed by atoms with Crippen molar-refractivity contribution in [2.24, 2.45) is 0 Å². The van der Waals surface area contributed by atoms with Crippen molar-refractivity contribution in [2.75, 3.05) is 33.0 Å². The number of hydrogen-bond acceptors (Lipinski definition) is 5. The van der Waals surface area contributed by atoms with Crippen LogP contribution >= 0.6 is 11.6 Å². The summed E-state index contributed by atoms with van der Waals surface area (Å²) < 4.78 is 38.5. The number of rotatable bonds is 4. The lowest BCUT2D eigenvalue weighted by Gasteiger charge is -2.34. The van der Waals surface area contributed by atoms with Gasteiger partial charge in [0.2, 0.25) is 16.8 Å². The Hall–Kier alpha value is -1.80. The summed E-state index contributed by atoms with van der Waals surface area (Å²) in [5.41, 5.74) is 2.58. The smallest absolute Gasteiger partial charge is 0.243 e. The number of ether oxygens (including phenoxy) is 2. The second-order valence-electron chi connectivity index (χ2n) is 7.23. The molecular weight excluding hydrogens is 400 g/mol. The molecule has 0 aliphatic carbocycles. The molecule has 0 N–H and O–H groups in total. The Morgan fingerprint density at radius 1 is 0.964 bits per heavy atom. The Kier molecular flexibility index (Phi) is 5.26. The molecule has 0 unspecified atom stereocenters. The number of hydrogen-bond donors (Lipinski definition) is 0. The largest absolute Gasteiger partial charge is 0.454 e. The molecule has 8 heteroatoms. The molecule has 150 valence electrons. The number of sulfonamides is 1. The standard InChI is InChI=1S/C20H23ClN2O4S/c1-14-10-20(15(2)9-17(14)21)28(24,25)23-7-5-22(6-8-23)12-16-3-4-18-19(11-16)27-13-26-18/h3-4,9-11H,5-8,12-13H2,1-2H3. The van der Waals surface area contributed by atoms with Gasteiger partial charge in [0.05, 0.1) is 4.90 Å². The topological polar surface area (TPSA) is 59.1 Å². The number of piperazine rings is 1. The van der Waals surface area contributed by atoms with Crippen molar-refractivity contribution in [2.45, 2.75) is 25.3 Å².